The van der Waals surface area contributed by atoms with Crippen LogP contribution in [-0.2, 0) is 6.42 Å². The van der Waals surface area contributed by atoms with E-state index < -0.39 is 18.1 Å². The van der Waals surface area contributed by atoms with Crippen LogP contribution in [0, 0.1) is 0 Å². The van der Waals surface area contributed by atoms with Crippen molar-refractivity contribution in [3.63, 3.8) is 0 Å². The van der Waals surface area contributed by atoms with E-state index in [0.717, 1.165) is 19.3 Å². The van der Waals surface area contributed by atoms with Crippen molar-refractivity contribution in [3.8, 4) is 0 Å². The summed E-state index contributed by atoms with van der Waals surface area (Å²) in [5.74, 6) is 0. The fraction of sp³-hybridized carbons (Fsp3) is 0.667. The first-order chi connectivity index (χ1) is 11.3. The molecule has 0 bridgehead atoms. The van der Waals surface area contributed by atoms with Crippen LogP contribution in [0.25, 0.3) is 0 Å². The highest BCUT2D eigenvalue weighted by Gasteiger charge is 2.40. The van der Waals surface area contributed by atoms with E-state index in [2.05, 4.69) is 47.1 Å². The molecule has 24 heavy (non-hydrogen) atoms. The first-order valence-electron chi connectivity index (χ1n) is 8.79. The summed E-state index contributed by atoms with van der Waals surface area (Å²) >= 11 is 0. The second kappa shape index (κ2) is 8.36. The van der Waals surface area contributed by atoms with Crippen LogP contribution >= 0.6 is 0 Å². The third kappa shape index (κ3) is 5.22. The molecule has 4 atom stereocenters. The predicted molar refractivity (Wildman–Crippen MR) is 96.8 cm³/mol. The Hall–Kier alpha value is -1.05. The minimum atomic E-state index is -1.39. The lowest BCUT2D eigenvalue weighted by atomic mass is 10.0. The largest absolute Gasteiger partial charge is 0.303 e. The quantitative estimate of drug-likeness (QED) is 0.610. The summed E-state index contributed by atoms with van der Waals surface area (Å²) < 4.78 is 14.4. The molecule has 0 saturated carbocycles. The molecule has 0 radical (unpaired) electrons. The Kier molecular flexibility index (Phi) is 6.71. The van der Waals surface area contributed by atoms with Crippen molar-refractivity contribution in [2.45, 2.75) is 70.5 Å². The van der Waals surface area contributed by atoms with Gasteiger partial charge in [0.1, 0.15) is 18.2 Å². The molecule has 2 rings (SSSR count). The predicted octanol–water partition coefficient (Wildman–Crippen LogP) is 1.71. The van der Waals surface area contributed by atoms with Gasteiger partial charge in [-0.15, -0.1) is 0 Å². The van der Waals surface area contributed by atoms with Gasteiger partial charge >= 0.3 is 0 Å². The average molecular weight is 337 g/mol. The van der Waals surface area contributed by atoms with Crippen molar-refractivity contribution in [1.82, 2.24) is 20.9 Å². The zero-order valence-electron chi connectivity index (χ0n) is 15.2. The molecule has 1 aromatic carbocycles. The second-order valence-corrected chi connectivity index (χ2v) is 7.14. The standard InChI is InChI=1S/C18H32FN5/c1-5-14(12-11-13-9-7-6-8-10-13)21-17-22-15(18(2,3)19)24(4)16(20)23-17/h6-10,14-17,21-23H,5,11-12,20H2,1-4H3. The van der Waals surface area contributed by atoms with Gasteiger partial charge in [-0.2, -0.15) is 0 Å². The van der Waals surface area contributed by atoms with Crippen molar-refractivity contribution < 1.29 is 4.39 Å². The van der Waals surface area contributed by atoms with E-state index in [9.17, 15) is 4.39 Å². The minimum absolute atomic E-state index is 0.211. The smallest absolute Gasteiger partial charge is 0.134 e. The molecule has 0 amide bonds. The number of nitrogens with one attached hydrogen (secondary N) is 3. The summed E-state index contributed by atoms with van der Waals surface area (Å²) in [4.78, 5) is 1.78. The molecule has 5 N–H and O–H groups in total. The number of alkyl halides is 1. The molecule has 1 heterocycles. The van der Waals surface area contributed by atoms with Crippen molar-refractivity contribution in [2.75, 3.05) is 7.05 Å². The van der Waals surface area contributed by atoms with Gasteiger partial charge in [0.05, 0.1) is 6.17 Å². The van der Waals surface area contributed by atoms with Gasteiger partial charge in [0.2, 0.25) is 0 Å². The Bertz CT molecular complexity index is 490. The van der Waals surface area contributed by atoms with E-state index in [1.54, 1.807) is 18.7 Å². The molecule has 136 valence electrons. The van der Waals surface area contributed by atoms with Crippen LogP contribution in [-0.4, -0.2) is 42.4 Å². The first-order valence-corrected chi connectivity index (χ1v) is 8.79. The number of rotatable bonds is 7. The molecular formula is C18H32FN5. The van der Waals surface area contributed by atoms with Gasteiger partial charge < -0.3 is 5.73 Å². The summed E-state index contributed by atoms with van der Waals surface area (Å²) in [7, 11) is 1.82. The Balaban J connectivity index is 1.92. The van der Waals surface area contributed by atoms with Gasteiger partial charge in [0.25, 0.3) is 0 Å². The molecule has 5 nitrogen and oxygen atoms in total. The minimum Gasteiger partial charge on any atom is -0.303 e. The van der Waals surface area contributed by atoms with Crippen molar-refractivity contribution in [3.05, 3.63) is 35.9 Å². The van der Waals surface area contributed by atoms with Crippen molar-refractivity contribution in [1.29, 1.82) is 0 Å². The number of hydrogen-bond acceptors (Lipinski definition) is 5. The zero-order chi connectivity index (χ0) is 17.7. The Labute approximate surface area is 145 Å². The van der Waals surface area contributed by atoms with Gasteiger partial charge in [0, 0.05) is 6.04 Å². The van der Waals surface area contributed by atoms with E-state index in [0.29, 0.717) is 6.04 Å². The fourth-order valence-corrected chi connectivity index (χ4v) is 3.18. The maximum Gasteiger partial charge on any atom is 0.134 e. The van der Waals surface area contributed by atoms with Gasteiger partial charge in [0.15, 0.2) is 0 Å². The summed E-state index contributed by atoms with van der Waals surface area (Å²) in [6.07, 6.45) is 1.99. The monoisotopic (exact) mass is 337 g/mol. The number of nitrogens with two attached hydrogens (primary N) is 1. The zero-order valence-corrected chi connectivity index (χ0v) is 15.2. The Morgan fingerprint density at radius 1 is 1.29 bits per heavy atom. The molecule has 1 aromatic rings. The molecular weight excluding hydrogens is 305 g/mol. The van der Waals surface area contributed by atoms with Crippen LogP contribution in [0.15, 0.2) is 30.3 Å². The highest BCUT2D eigenvalue weighted by molar-refractivity contribution is 5.14. The molecule has 6 heteroatoms. The van der Waals surface area contributed by atoms with Gasteiger partial charge in [-0.05, 0) is 45.7 Å². The summed E-state index contributed by atoms with van der Waals surface area (Å²) in [5, 5.41) is 10.1. The van der Waals surface area contributed by atoms with Crippen molar-refractivity contribution >= 4 is 0 Å². The summed E-state index contributed by atoms with van der Waals surface area (Å²) in [6, 6.07) is 10.8. The maximum absolute atomic E-state index is 14.4. The fourth-order valence-electron chi connectivity index (χ4n) is 3.18. The van der Waals surface area contributed by atoms with E-state index in [1.807, 2.05) is 13.1 Å². The Morgan fingerprint density at radius 3 is 2.54 bits per heavy atom. The van der Waals surface area contributed by atoms with E-state index in [1.165, 1.54) is 5.56 Å². The van der Waals surface area contributed by atoms with Crippen LogP contribution in [0.5, 0.6) is 0 Å². The number of halogens is 1. The van der Waals surface area contributed by atoms with E-state index in [-0.39, 0.29) is 6.29 Å². The molecule has 1 aliphatic heterocycles. The first kappa shape index (κ1) is 19.3. The molecule has 0 aliphatic carbocycles. The highest BCUT2D eigenvalue weighted by Crippen LogP contribution is 2.20. The number of hydrogen-bond donors (Lipinski definition) is 4. The Morgan fingerprint density at radius 2 is 1.96 bits per heavy atom. The second-order valence-electron chi connectivity index (χ2n) is 7.14. The number of benzene rings is 1. The van der Waals surface area contributed by atoms with Crippen LogP contribution in [0.2, 0.25) is 0 Å². The molecule has 0 spiro atoms. The number of aryl methyl sites for hydroxylation is 1. The van der Waals surface area contributed by atoms with E-state index >= 15 is 0 Å². The molecule has 1 saturated heterocycles. The van der Waals surface area contributed by atoms with Gasteiger partial charge in [-0.1, -0.05) is 37.3 Å². The normalized spacial score (nSPS) is 27.2. The van der Waals surface area contributed by atoms with Gasteiger partial charge in [-0.25, -0.2) is 4.39 Å². The maximum atomic E-state index is 14.4. The lowest BCUT2D eigenvalue weighted by Crippen LogP contribution is -2.77. The van der Waals surface area contributed by atoms with Crippen molar-refractivity contribution in [2.24, 2.45) is 5.73 Å². The summed E-state index contributed by atoms with van der Waals surface area (Å²) in [6.45, 7) is 5.31. The topological polar surface area (TPSA) is 65.3 Å². The highest BCUT2D eigenvalue weighted by atomic mass is 19.1. The SMILES string of the molecule is CCC(CCc1ccccc1)NC1NC(N)N(C)C(C(C)(C)F)N1. The molecule has 1 fully saturated rings. The lowest BCUT2D eigenvalue weighted by molar-refractivity contribution is -0.0428. The molecule has 4 unspecified atom stereocenters. The molecule has 1 aliphatic rings. The molecule has 0 aromatic heterocycles. The van der Waals surface area contributed by atoms with Crippen LogP contribution in [0.1, 0.15) is 39.2 Å². The van der Waals surface area contributed by atoms with Crippen LogP contribution < -0.4 is 21.7 Å². The van der Waals surface area contributed by atoms with E-state index in [4.69, 9.17) is 5.73 Å². The van der Waals surface area contributed by atoms with Gasteiger partial charge in [-0.3, -0.25) is 20.9 Å². The number of nitrogens with zero attached hydrogens (tertiary/aromatic N) is 1. The summed E-state index contributed by atoms with van der Waals surface area (Å²) in [5.41, 5.74) is 6.05. The van der Waals surface area contributed by atoms with Crippen LogP contribution in [0.3, 0.4) is 0 Å². The van der Waals surface area contributed by atoms with Crippen LogP contribution in [0.4, 0.5) is 4.39 Å². The third-order valence-electron chi connectivity index (χ3n) is 4.68. The average Bonchev–Trinajstić information content (AvgIpc) is 2.54. The third-order valence-corrected chi connectivity index (χ3v) is 4.68. The lowest BCUT2D eigenvalue weighted by Gasteiger charge is -2.47.